The Balaban J connectivity index is 2.27. The van der Waals surface area contributed by atoms with E-state index in [9.17, 15) is 9.59 Å². The Morgan fingerprint density at radius 1 is 1.33 bits per heavy atom. The predicted octanol–water partition coefficient (Wildman–Crippen LogP) is 0.786. The van der Waals surface area contributed by atoms with Gasteiger partial charge in [-0.3, -0.25) is 9.59 Å². The molecular weight excluding hydrogens is 232 g/mol. The first-order chi connectivity index (χ1) is 8.52. The molecule has 1 saturated heterocycles. The molecule has 104 valence electrons. The summed E-state index contributed by atoms with van der Waals surface area (Å²) >= 11 is 0. The first kappa shape index (κ1) is 15.0. The lowest BCUT2D eigenvalue weighted by Gasteiger charge is -2.26. The Hall–Kier alpha value is -1.10. The number of hydrogen-bond donors (Lipinski definition) is 1. The maximum atomic E-state index is 11.8. The van der Waals surface area contributed by atoms with Gasteiger partial charge in [-0.25, -0.2) is 0 Å². The van der Waals surface area contributed by atoms with Crippen molar-refractivity contribution in [3.05, 3.63) is 0 Å². The van der Waals surface area contributed by atoms with Gasteiger partial charge in [0.2, 0.25) is 11.8 Å². The molecule has 0 radical (unpaired) electrons. The first-order valence-corrected chi connectivity index (χ1v) is 6.65. The van der Waals surface area contributed by atoms with Crippen LogP contribution in [-0.2, 0) is 14.3 Å². The molecule has 1 aliphatic rings. The molecule has 0 spiro atoms. The van der Waals surface area contributed by atoms with Gasteiger partial charge in [-0.1, -0.05) is 0 Å². The molecule has 5 heteroatoms. The zero-order valence-corrected chi connectivity index (χ0v) is 11.6. The quantitative estimate of drug-likeness (QED) is 0.791. The summed E-state index contributed by atoms with van der Waals surface area (Å²) in [5.41, 5.74) is 0. The largest absolute Gasteiger partial charge is 0.381 e. The molecular formula is C13H24N2O3. The minimum Gasteiger partial charge on any atom is -0.381 e. The predicted molar refractivity (Wildman–Crippen MR) is 69.1 cm³/mol. The van der Waals surface area contributed by atoms with Crippen LogP contribution in [0, 0.1) is 5.92 Å². The SMILES string of the molecule is CC(=O)N(CCNC(=O)C1CCOCC1)C(C)C. The summed E-state index contributed by atoms with van der Waals surface area (Å²) in [5.74, 6) is 0.208. The van der Waals surface area contributed by atoms with Crippen LogP contribution >= 0.6 is 0 Å². The average Bonchev–Trinajstić information content (AvgIpc) is 2.34. The Morgan fingerprint density at radius 2 is 1.94 bits per heavy atom. The van der Waals surface area contributed by atoms with Crippen molar-refractivity contribution < 1.29 is 14.3 Å². The summed E-state index contributed by atoms with van der Waals surface area (Å²) in [6.45, 7) is 7.94. The highest BCUT2D eigenvalue weighted by molar-refractivity contribution is 5.78. The van der Waals surface area contributed by atoms with E-state index >= 15 is 0 Å². The zero-order chi connectivity index (χ0) is 13.5. The number of hydrogen-bond acceptors (Lipinski definition) is 3. The van der Waals surface area contributed by atoms with Crippen molar-refractivity contribution >= 4 is 11.8 Å². The van der Waals surface area contributed by atoms with E-state index in [1.54, 1.807) is 11.8 Å². The van der Waals surface area contributed by atoms with Crippen molar-refractivity contribution in [2.75, 3.05) is 26.3 Å². The Kier molecular flexibility index (Phi) is 6.12. The minimum atomic E-state index is 0.0466. The van der Waals surface area contributed by atoms with Crippen LogP contribution in [0.3, 0.4) is 0 Å². The molecule has 0 atom stereocenters. The van der Waals surface area contributed by atoms with E-state index in [-0.39, 0.29) is 23.8 Å². The third kappa shape index (κ3) is 4.64. The molecule has 1 fully saturated rings. The van der Waals surface area contributed by atoms with Gasteiger partial charge in [0.15, 0.2) is 0 Å². The van der Waals surface area contributed by atoms with E-state index in [1.807, 2.05) is 13.8 Å². The van der Waals surface area contributed by atoms with Crippen LogP contribution in [0.25, 0.3) is 0 Å². The molecule has 1 N–H and O–H groups in total. The van der Waals surface area contributed by atoms with Crippen LogP contribution in [0.1, 0.15) is 33.6 Å². The number of ether oxygens (including phenoxy) is 1. The molecule has 1 aliphatic heterocycles. The molecule has 18 heavy (non-hydrogen) atoms. The molecule has 0 saturated carbocycles. The molecule has 0 aromatic rings. The lowest BCUT2D eigenvalue weighted by atomic mass is 9.99. The molecule has 5 nitrogen and oxygen atoms in total. The normalized spacial score (nSPS) is 16.7. The van der Waals surface area contributed by atoms with Gasteiger partial charge in [-0.05, 0) is 26.7 Å². The summed E-state index contributed by atoms with van der Waals surface area (Å²) < 4.78 is 5.22. The second-order valence-electron chi connectivity index (χ2n) is 4.98. The standard InChI is InChI=1S/C13H24N2O3/c1-10(2)15(11(3)16)7-6-14-13(17)12-4-8-18-9-5-12/h10,12H,4-9H2,1-3H3,(H,14,17). The van der Waals surface area contributed by atoms with Crippen LogP contribution in [0.5, 0.6) is 0 Å². The second kappa shape index (κ2) is 7.36. The van der Waals surface area contributed by atoms with Crippen molar-refractivity contribution in [1.29, 1.82) is 0 Å². The smallest absolute Gasteiger partial charge is 0.223 e. The van der Waals surface area contributed by atoms with Crippen molar-refractivity contribution in [2.24, 2.45) is 5.92 Å². The van der Waals surface area contributed by atoms with Gasteiger partial charge in [-0.2, -0.15) is 0 Å². The van der Waals surface area contributed by atoms with E-state index < -0.39 is 0 Å². The van der Waals surface area contributed by atoms with Crippen molar-refractivity contribution in [3.63, 3.8) is 0 Å². The van der Waals surface area contributed by atoms with E-state index in [2.05, 4.69) is 5.32 Å². The number of nitrogens with zero attached hydrogens (tertiary/aromatic N) is 1. The summed E-state index contributed by atoms with van der Waals surface area (Å²) in [6, 6.07) is 0.169. The highest BCUT2D eigenvalue weighted by Crippen LogP contribution is 2.14. The van der Waals surface area contributed by atoms with Gasteiger partial charge < -0.3 is 15.0 Å². The lowest BCUT2D eigenvalue weighted by Crippen LogP contribution is -2.43. The number of rotatable bonds is 5. The number of carbonyl (C=O) groups is 2. The fourth-order valence-electron chi connectivity index (χ4n) is 2.18. The molecule has 2 amide bonds. The Bertz CT molecular complexity index is 286. The van der Waals surface area contributed by atoms with Crippen molar-refractivity contribution in [3.8, 4) is 0 Å². The van der Waals surface area contributed by atoms with Crippen molar-refractivity contribution in [2.45, 2.75) is 39.7 Å². The Labute approximate surface area is 109 Å². The summed E-state index contributed by atoms with van der Waals surface area (Å²) in [5, 5.41) is 2.90. The third-order valence-electron chi connectivity index (χ3n) is 3.27. The molecule has 1 rings (SSSR count). The van der Waals surface area contributed by atoms with E-state index in [4.69, 9.17) is 4.74 Å². The van der Waals surface area contributed by atoms with E-state index in [0.717, 1.165) is 12.8 Å². The van der Waals surface area contributed by atoms with E-state index in [0.29, 0.717) is 26.3 Å². The fourth-order valence-corrected chi connectivity index (χ4v) is 2.18. The number of carbonyl (C=O) groups excluding carboxylic acids is 2. The zero-order valence-electron chi connectivity index (χ0n) is 11.6. The first-order valence-electron chi connectivity index (χ1n) is 6.65. The second-order valence-corrected chi connectivity index (χ2v) is 4.98. The van der Waals surface area contributed by atoms with Crippen LogP contribution in [0.2, 0.25) is 0 Å². The van der Waals surface area contributed by atoms with Crippen LogP contribution < -0.4 is 5.32 Å². The average molecular weight is 256 g/mol. The number of nitrogens with one attached hydrogen (secondary N) is 1. The van der Waals surface area contributed by atoms with Gasteiger partial charge in [0.1, 0.15) is 0 Å². The number of amides is 2. The summed E-state index contributed by atoms with van der Waals surface area (Å²) in [6.07, 6.45) is 1.60. The van der Waals surface area contributed by atoms with E-state index in [1.165, 1.54) is 0 Å². The maximum Gasteiger partial charge on any atom is 0.223 e. The van der Waals surface area contributed by atoms with Crippen LogP contribution in [-0.4, -0.2) is 49.1 Å². The molecule has 0 unspecified atom stereocenters. The van der Waals surface area contributed by atoms with Gasteiger partial charge >= 0.3 is 0 Å². The minimum absolute atomic E-state index is 0.0466. The third-order valence-corrected chi connectivity index (χ3v) is 3.27. The van der Waals surface area contributed by atoms with Gasteiger partial charge in [0, 0.05) is 45.2 Å². The van der Waals surface area contributed by atoms with Crippen LogP contribution in [0.15, 0.2) is 0 Å². The molecule has 0 aromatic heterocycles. The molecule has 0 aliphatic carbocycles. The molecule has 0 aromatic carbocycles. The highest BCUT2D eigenvalue weighted by Gasteiger charge is 2.21. The van der Waals surface area contributed by atoms with Crippen LogP contribution in [0.4, 0.5) is 0 Å². The topological polar surface area (TPSA) is 58.6 Å². The fraction of sp³-hybridized carbons (Fsp3) is 0.846. The summed E-state index contributed by atoms with van der Waals surface area (Å²) in [4.78, 5) is 25.0. The van der Waals surface area contributed by atoms with Gasteiger partial charge in [0.05, 0.1) is 0 Å². The maximum absolute atomic E-state index is 11.8. The lowest BCUT2D eigenvalue weighted by molar-refractivity contribution is -0.132. The Morgan fingerprint density at radius 3 is 2.44 bits per heavy atom. The molecule has 0 bridgehead atoms. The van der Waals surface area contributed by atoms with Crippen molar-refractivity contribution in [1.82, 2.24) is 10.2 Å². The highest BCUT2D eigenvalue weighted by atomic mass is 16.5. The molecule has 1 heterocycles. The monoisotopic (exact) mass is 256 g/mol. The van der Waals surface area contributed by atoms with Gasteiger partial charge in [0.25, 0.3) is 0 Å². The summed E-state index contributed by atoms with van der Waals surface area (Å²) in [7, 11) is 0. The van der Waals surface area contributed by atoms with Gasteiger partial charge in [-0.15, -0.1) is 0 Å².